The highest BCUT2D eigenvalue weighted by molar-refractivity contribution is 5.47. The lowest BCUT2D eigenvalue weighted by molar-refractivity contribution is 0.544. The average Bonchev–Trinajstić information content (AvgIpc) is 2.35. The van der Waals surface area contributed by atoms with E-state index in [1.165, 1.54) is 11.3 Å². The third kappa shape index (κ3) is 3.53. The fraction of sp³-hybridized carbons (Fsp3) is 0.571. The van der Waals surface area contributed by atoms with Gasteiger partial charge in [0, 0.05) is 25.3 Å². The van der Waals surface area contributed by atoms with Crippen molar-refractivity contribution < 1.29 is 0 Å². The molecule has 1 rings (SSSR count). The smallest absolute Gasteiger partial charge is 0.0364 e. The first-order chi connectivity index (χ1) is 7.71. The molecule has 1 unspecified atom stereocenters. The number of anilines is 1. The second kappa shape index (κ2) is 6.54. The summed E-state index contributed by atoms with van der Waals surface area (Å²) in [5.41, 5.74) is 2.70. The highest BCUT2D eigenvalue weighted by Gasteiger charge is 2.07. The number of nitrogens with zero attached hydrogens (tertiary/aromatic N) is 1. The molecule has 0 aliphatic rings. The van der Waals surface area contributed by atoms with Crippen molar-refractivity contribution >= 4 is 5.69 Å². The van der Waals surface area contributed by atoms with Gasteiger partial charge in [0.25, 0.3) is 0 Å². The minimum atomic E-state index is 0.566. The van der Waals surface area contributed by atoms with Crippen molar-refractivity contribution in [2.75, 3.05) is 25.5 Å². The van der Waals surface area contributed by atoms with Gasteiger partial charge in [0.2, 0.25) is 0 Å². The van der Waals surface area contributed by atoms with Gasteiger partial charge in [-0.2, -0.15) is 0 Å². The summed E-state index contributed by atoms with van der Waals surface area (Å²) >= 11 is 0. The Bertz CT molecular complexity index is 288. The molecule has 0 aliphatic heterocycles. The largest absolute Gasteiger partial charge is 0.373 e. The van der Waals surface area contributed by atoms with Gasteiger partial charge >= 0.3 is 0 Å². The number of likely N-dealkylation sites (N-methyl/N-ethyl adjacent to an activating group) is 2. The van der Waals surface area contributed by atoms with Gasteiger partial charge < -0.3 is 10.2 Å². The summed E-state index contributed by atoms with van der Waals surface area (Å²) in [6.45, 7) is 5.46. The molecule has 1 aromatic carbocycles. The van der Waals surface area contributed by atoms with Gasteiger partial charge in [0.05, 0.1) is 0 Å². The molecule has 0 saturated carbocycles. The molecule has 16 heavy (non-hydrogen) atoms. The van der Waals surface area contributed by atoms with Crippen molar-refractivity contribution in [3.8, 4) is 0 Å². The van der Waals surface area contributed by atoms with Crippen LogP contribution in [0.4, 0.5) is 5.69 Å². The van der Waals surface area contributed by atoms with Crippen LogP contribution in [0.25, 0.3) is 0 Å². The summed E-state index contributed by atoms with van der Waals surface area (Å²) in [6, 6.07) is 9.41. The van der Waals surface area contributed by atoms with Gasteiger partial charge in [0.1, 0.15) is 0 Å². The maximum Gasteiger partial charge on any atom is 0.0364 e. The molecule has 0 bridgehead atoms. The Labute approximate surface area is 99.7 Å². The van der Waals surface area contributed by atoms with Crippen LogP contribution in [0.5, 0.6) is 0 Å². The molecular formula is C14H24N2. The van der Waals surface area contributed by atoms with E-state index in [1.807, 2.05) is 7.05 Å². The van der Waals surface area contributed by atoms with Crippen molar-refractivity contribution in [1.82, 2.24) is 5.32 Å². The third-order valence-corrected chi connectivity index (χ3v) is 3.18. The van der Waals surface area contributed by atoms with E-state index in [4.69, 9.17) is 0 Å². The van der Waals surface area contributed by atoms with Gasteiger partial charge in [-0.15, -0.1) is 0 Å². The molecule has 0 fully saturated rings. The van der Waals surface area contributed by atoms with Gasteiger partial charge in [-0.25, -0.2) is 0 Å². The fourth-order valence-corrected chi connectivity index (χ4v) is 1.85. The zero-order valence-corrected chi connectivity index (χ0v) is 11.0. The Hall–Kier alpha value is -1.02. The van der Waals surface area contributed by atoms with Crippen LogP contribution in [0.3, 0.4) is 0 Å². The summed E-state index contributed by atoms with van der Waals surface area (Å²) in [7, 11) is 4.18. The van der Waals surface area contributed by atoms with E-state index in [9.17, 15) is 0 Å². The Morgan fingerprint density at radius 3 is 2.25 bits per heavy atom. The Balaban J connectivity index is 2.61. The molecule has 1 atom stereocenters. The normalized spacial score (nSPS) is 12.5. The van der Waals surface area contributed by atoms with E-state index in [0.29, 0.717) is 6.04 Å². The van der Waals surface area contributed by atoms with Crippen LogP contribution < -0.4 is 10.2 Å². The molecule has 0 saturated heterocycles. The summed E-state index contributed by atoms with van der Waals surface area (Å²) < 4.78 is 0. The van der Waals surface area contributed by atoms with Crippen molar-refractivity contribution in [3.05, 3.63) is 29.8 Å². The maximum absolute atomic E-state index is 3.33. The molecule has 0 amide bonds. The topological polar surface area (TPSA) is 15.3 Å². The van der Waals surface area contributed by atoms with Crippen molar-refractivity contribution in [2.24, 2.45) is 0 Å². The van der Waals surface area contributed by atoms with Gasteiger partial charge in [0.15, 0.2) is 0 Å². The van der Waals surface area contributed by atoms with Gasteiger partial charge in [-0.3, -0.25) is 0 Å². The number of benzene rings is 1. The minimum absolute atomic E-state index is 0.566. The SMILES string of the molecule is CCc1ccc(N(C)CC(CC)NC)cc1. The molecule has 0 heterocycles. The van der Waals surface area contributed by atoms with E-state index in [-0.39, 0.29) is 0 Å². The summed E-state index contributed by atoms with van der Waals surface area (Å²) in [4.78, 5) is 2.31. The van der Waals surface area contributed by atoms with E-state index in [0.717, 1.165) is 19.4 Å². The minimum Gasteiger partial charge on any atom is -0.373 e. The number of rotatable bonds is 6. The average molecular weight is 220 g/mol. The van der Waals surface area contributed by atoms with E-state index in [2.05, 4.69) is 55.4 Å². The van der Waals surface area contributed by atoms with Crippen LogP contribution in [-0.4, -0.2) is 26.7 Å². The molecule has 1 N–H and O–H groups in total. The monoisotopic (exact) mass is 220 g/mol. The quantitative estimate of drug-likeness (QED) is 0.793. The van der Waals surface area contributed by atoms with Crippen LogP contribution >= 0.6 is 0 Å². The second-order valence-corrected chi connectivity index (χ2v) is 4.29. The number of hydrogen-bond acceptors (Lipinski definition) is 2. The lowest BCUT2D eigenvalue weighted by Crippen LogP contribution is -2.37. The predicted molar refractivity (Wildman–Crippen MR) is 72.2 cm³/mol. The fourth-order valence-electron chi connectivity index (χ4n) is 1.85. The third-order valence-electron chi connectivity index (χ3n) is 3.18. The standard InChI is InChI=1S/C14H24N2/c1-5-12-7-9-14(10-8-12)16(4)11-13(6-2)15-3/h7-10,13,15H,5-6,11H2,1-4H3. The molecule has 90 valence electrons. The van der Waals surface area contributed by atoms with E-state index < -0.39 is 0 Å². The summed E-state index contributed by atoms with van der Waals surface area (Å²) in [5, 5.41) is 3.33. The van der Waals surface area contributed by atoms with Crippen LogP contribution in [-0.2, 0) is 6.42 Å². The first kappa shape index (κ1) is 13.0. The number of nitrogens with one attached hydrogen (secondary N) is 1. The van der Waals surface area contributed by atoms with Crippen LogP contribution in [0, 0.1) is 0 Å². The van der Waals surface area contributed by atoms with Crippen molar-refractivity contribution in [3.63, 3.8) is 0 Å². The molecule has 0 radical (unpaired) electrons. The Morgan fingerprint density at radius 2 is 1.81 bits per heavy atom. The first-order valence-corrected chi connectivity index (χ1v) is 6.18. The lowest BCUT2D eigenvalue weighted by Gasteiger charge is -2.25. The predicted octanol–water partition coefficient (Wildman–Crippen LogP) is 2.68. The molecule has 2 heteroatoms. The second-order valence-electron chi connectivity index (χ2n) is 4.29. The van der Waals surface area contributed by atoms with E-state index >= 15 is 0 Å². The summed E-state index contributed by atoms with van der Waals surface area (Å²) in [5.74, 6) is 0. The van der Waals surface area contributed by atoms with Gasteiger partial charge in [-0.1, -0.05) is 26.0 Å². The molecule has 0 aliphatic carbocycles. The van der Waals surface area contributed by atoms with Crippen LogP contribution in [0.1, 0.15) is 25.8 Å². The van der Waals surface area contributed by atoms with Crippen LogP contribution in [0.2, 0.25) is 0 Å². The van der Waals surface area contributed by atoms with Crippen LogP contribution in [0.15, 0.2) is 24.3 Å². The lowest BCUT2D eigenvalue weighted by atomic mass is 10.1. The molecular weight excluding hydrogens is 196 g/mol. The van der Waals surface area contributed by atoms with E-state index in [1.54, 1.807) is 0 Å². The van der Waals surface area contributed by atoms with Crippen molar-refractivity contribution in [2.45, 2.75) is 32.7 Å². The number of aryl methyl sites for hydroxylation is 1. The Morgan fingerprint density at radius 1 is 1.19 bits per heavy atom. The van der Waals surface area contributed by atoms with Crippen molar-refractivity contribution in [1.29, 1.82) is 0 Å². The maximum atomic E-state index is 3.33. The number of hydrogen-bond donors (Lipinski definition) is 1. The first-order valence-electron chi connectivity index (χ1n) is 6.18. The zero-order valence-electron chi connectivity index (χ0n) is 11.0. The molecule has 2 nitrogen and oxygen atoms in total. The van der Waals surface area contributed by atoms with Gasteiger partial charge in [-0.05, 0) is 37.6 Å². The summed E-state index contributed by atoms with van der Waals surface area (Å²) in [6.07, 6.45) is 2.27. The highest BCUT2D eigenvalue weighted by atomic mass is 15.1. The Kier molecular flexibility index (Phi) is 5.33. The molecule has 0 aromatic heterocycles. The molecule has 0 spiro atoms. The zero-order chi connectivity index (χ0) is 12.0. The molecule has 1 aromatic rings. The highest BCUT2D eigenvalue weighted by Crippen LogP contribution is 2.14.